The summed E-state index contributed by atoms with van der Waals surface area (Å²) in [5.41, 5.74) is 6.56. The highest BCUT2D eigenvalue weighted by Crippen LogP contribution is 2.20. The molecule has 5 nitrogen and oxygen atoms in total. The Hall–Kier alpha value is -1.75. The third kappa shape index (κ3) is 3.35. The predicted octanol–water partition coefficient (Wildman–Crippen LogP) is 2.21. The van der Waals surface area contributed by atoms with Crippen molar-refractivity contribution in [3.63, 3.8) is 0 Å². The van der Waals surface area contributed by atoms with Crippen molar-refractivity contribution in [1.29, 1.82) is 0 Å². The first kappa shape index (κ1) is 13.3. The van der Waals surface area contributed by atoms with E-state index in [1.54, 1.807) is 19.1 Å². The third-order valence-corrected chi connectivity index (χ3v) is 2.70. The molecule has 1 atom stereocenters. The average molecular weight is 236 g/mol. The van der Waals surface area contributed by atoms with Crippen LogP contribution in [0.1, 0.15) is 35.7 Å². The molecule has 0 fully saturated rings. The summed E-state index contributed by atoms with van der Waals surface area (Å²) in [6.45, 7) is 3.54. The standard InChI is InChI=1S/C12H16N2O3/c1-3-10(13)7-12(15)9-5-4-8(2)11(6-9)14(16)17/h4-6,10H,3,7,13H2,1-2H3. The van der Waals surface area contributed by atoms with Crippen LogP contribution >= 0.6 is 0 Å². The average Bonchev–Trinajstić information content (AvgIpc) is 2.28. The number of nitro groups is 1. The van der Waals surface area contributed by atoms with E-state index in [1.807, 2.05) is 6.92 Å². The minimum absolute atomic E-state index is 0.0269. The van der Waals surface area contributed by atoms with E-state index in [0.29, 0.717) is 17.5 Å². The molecular weight excluding hydrogens is 220 g/mol. The largest absolute Gasteiger partial charge is 0.327 e. The Balaban J connectivity index is 2.96. The monoisotopic (exact) mass is 236 g/mol. The summed E-state index contributed by atoms with van der Waals surface area (Å²) in [6, 6.07) is 4.32. The SMILES string of the molecule is CCC(N)CC(=O)c1ccc(C)c([N+](=O)[O-])c1. The van der Waals surface area contributed by atoms with Crippen LogP contribution in [-0.4, -0.2) is 16.7 Å². The molecule has 0 aliphatic carbocycles. The molecule has 0 aliphatic heterocycles. The molecule has 0 aliphatic rings. The molecule has 0 heterocycles. The van der Waals surface area contributed by atoms with Crippen LogP contribution in [0.25, 0.3) is 0 Å². The zero-order chi connectivity index (χ0) is 13.0. The van der Waals surface area contributed by atoms with Gasteiger partial charge >= 0.3 is 0 Å². The summed E-state index contributed by atoms with van der Waals surface area (Å²) in [5, 5.41) is 10.7. The topological polar surface area (TPSA) is 86.2 Å². The van der Waals surface area contributed by atoms with E-state index in [0.717, 1.165) is 0 Å². The summed E-state index contributed by atoms with van der Waals surface area (Å²) in [5.74, 6) is -0.151. The lowest BCUT2D eigenvalue weighted by Gasteiger charge is -2.07. The van der Waals surface area contributed by atoms with Crippen LogP contribution in [0.4, 0.5) is 5.69 Å². The van der Waals surface area contributed by atoms with Gasteiger partial charge < -0.3 is 5.73 Å². The fourth-order valence-electron chi connectivity index (χ4n) is 1.48. The molecule has 0 bridgehead atoms. The number of aryl methyl sites for hydroxylation is 1. The second-order valence-corrected chi connectivity index (χ2v) is 4.05. The van der Waals surface area contributed by atoms with Crippen molar-refractivity contribution in [2.75, 3.05) is 0 Å². The van der Waals surface area contributed by atoms with E-state index in [4.69, 9.17) is 5.73 Å². The van der Waals surface area contributed by atoms with Crippen LogP contribution in [0.5, 0.6) is 0 Å². The van der Waals surface area contributed by atoms with Gasteiger partial charge in [0.25, 0.3) is 5.69 Å². The smallest absolute Gasteiger partial charge is 0.273 e. The van der Waals surface area contributed by atoms with Crippen LogP contribution in [-0.2, 0) is 0 Å². The minimum atomic E-state index is -0.480. The van der Waals surface area contributed by atoms with E-state index >= 15 is 0 Å². The summed E-state index contributed by atoms with van der Waals surface area (Å²) in [7, 11) is 0. The summed E-state index contributed by atoms with van der Waals surface area (Å²) >= 11 is 0. The maximum absolute atomic E-state index is 11.8. The first-order chi connectivity index (χ1) is 7.95. The lowest BCUT2D eigenvalue weighted by Crippen LogP contribution is -2.22. The number of Topliss-reactive ketones (excluding diaryl/α,β-unsaturated/α-hetero) is 1. The Morgan fingerprint density at radius 3 is 2.71 bits per heavy atom. The zero-order valence-corrected chi connectivity index (χ0v) is 9.97. The number of carbonyl (C=O) groups excluding carboxylic acids is 1. The molecule has 92 valence electrons. The summed E-state index contributed by atoms with van der Waals surface area (Å²) < 4.78 is 0. The normalized spacial score (nSPS) is 12.2. The van der Waals surface area contributed by atoms with Gasteiger partial charge in [-0.3, -0.25) is 14.9 Å². The molecule has 5 heteroatoms. The molecule has 0 amide bonds. The Morgan fingerprint density at radius 2 is 2.18 bits per heavy atom. The highest BCUT2D eigenvalue weighted by atomic mass is 16.6. The van der Waals surface area contributed by atoms with Gasteiger partial charge in [-0.25, -0.2) is 0 Å². The van der Waals surface area contributed by atoms with Gasteiger partial charge in [-0.15, -0.1) is 0 Å². The van der Waals surface area contributed by atoms with E-state index in [1.165, 1.54) is 6.07 Å². The van der Waals surface area contributed by atoms with Gasteiger partial charge in [0.2, 0.25) is 0 Å². The Labute approximate surface area is 99.8 Å². The van der Waals surface area contributed by atoms with E-state index < -0.39 is 4.92 Å². The highest BCUT2D eigenvalue weighted by molar-refractivity contribution is 5.97. The summed E-state index contributed by atoms with van der Waals surface area (Å²) in [4.78, 5) is 22.1. The molecule has 0 radical (unpaired) electrons. The number of nitrogens with two attached hydrogens (primary N) is 1. The maximum Gasteiger partial charge on any atom is 0.273 e. The van der Waals surface area contributed by atoms with Crippen molar-refractivity contribution in [3.8, 4) is 0 Å². The van der Waals surface area contributed by atoms with Crippen LogP contribution in [0.3, 0.4) is 0 Å². The molecule has 2 N–H and O–H groups in total. The van der Waals surface area contributed by atoms with Crippen molar-refractivity contribution >= 4 is 11.5 Å². The molecule has 1 aromatic carbocycles. The second-order valence-electron chi connectivity index (χ2n) is 4.05. The van der Waals surface area contributed by atoms with Gasteiger partial charge in [0.15, 0.2) is 5.78 Å². The van der Waals surface area contributed by atoms with Crippen molar-refractivity contribution in [2.45, 2.75) is 32.7 Å². The van der Waals surface area contributed by atoms with Crippen molar-refractivity contribution in [2.24, 2.45) is 5.73 Å². The fourth-order valence-corrected chi connectivity index (χ4v) is 1.48. The highest BCUT2D eigenvalue weighted by Gasteiger charge is 2.16. The summed E-state index contributed by atoms with van der Waals surface area (Å²) in [6.07, 6.45) is 0.927. The first-order valence-corrected chi connectivity index (χ1v) is 5.49. The molecular formula is C12H16N2O3. The first-order valence-electron chi connectivity index (χ1n) is 5.49. The van der Waals surface area contributed by atoms with Gasteiger partial charge in [-0.2, -0.15) is 0 Å². The predicted molar refractivity (Wildman–Crippen MR) is 65.0 cm³/mol. The van der Waals surface area contributed by atoms with Gasteiger partial charge in [0.05, 0.1) is 4.92 Å². The molecule has 1 unspecified atom stereocenters. The van der Waals surface area contributed by atoms with Crippen LogP contribution in [0.2, 0.25) is 0 Å². The molecule has 0 saturated heterocycles. The molecule has 17 heavy (non-hydrogen) atoms. The molecule has 1 rings (SSSR count). The quantitative estimate of drug-likeness (QED) is 0.482. The Bertz CT molecular complexity index is 443. The fraction of sp³-hybridized carbons (Fsp3) is 0.417. The van der Waals surface area contributed by atoms with Gasteiger partial charge in [0, 0.05) is 29.7 Å². The van der Waals surface area contributed by atoms with Gasteiger partial charge in [-0.05, 0) is 13.3 Å². The Kier molecular flexibility index (Phi) is 4.34. The van der Waals surface area contributed by atoms with Crippen molar-refractivity contribution < 1.29 is 9.72 Å². The third-order valence-electron chi connectivity index (χ3n) is 2.70. The molecule has 0 spiro atoms. The van der Waals surface area contributed by atoms with Crippen molar-refractivity contribution in [1.82, 2.24) is 0 Å². The minimum Gasteiger partial charge on any atom is -0.327 e. The molecule has 0 aromatic heterocycles. The van der Waals surface area contributed by atoms with E-state index in [9.17, 15) is 14.9 Å². The molecule has 1 aromatic rings. The number of hydrogen-bond acceptors (Lipinski definition) is 4. The van der Waals surface area contributed by atoms with Gasteiger partial charge in [-0.1, -0.05) is 19.1 Å². The van der Waals surface area contributed by atoms with Crippen LogP contribution < -0.4 is 5.73 Å². The van der Waals surface area contributed by atoms with Gasteiger partial charge in [0.1, 0.15) is 0 Å². The Morgan fingerprint density at radius 1 is 1.53 bits per heavy atom. The second kappa shape index (κ2) is 5.54. The lowest BCUT2D eigenvalue weighted by molar-refractivity contribution is -0.385. The lowest BCUT2D eigenvalue weighted by atomic mass is 10.0. The van der Waals surface area contributed by atoms with E-state index in [-0.39, 0.29) is 23.9 Å². The number of ketones is 1. The number of rotatable bonds is 5. The van der Waals surface area contributed by atoms with Crippen molar-refractivity contribution in [3.05, 3.63) is 39.4 Å². The van der Waals surface area contributed by atoms with E-state index in [2.05, 4.69) is 0 Å². The van der Waals surface area contributed by atoms with Crippen LogP contribution in [0.15, 0.2) is 18.2 Å². The maximum atomic E-state index is 11.8. The molecule has 0 saturated carbocycles. The van der Waals surface area contributed by atoms with Crippen LogP contribution in [0, 0.1) is 17.0 Å². The number of benzene rings is 1. The number of nitrogens with zero attached hydrogens (tertiary/aromatic N) is 1. The number of hydrogen-bond donors (Lipinski definition) is 1. The zero-order valence-electron chi connectivity index (χ0n) is 9.97. The number of nitro benzene ring substituents is 1. The number of carbonyl (C=O) groups is 1.